The van der Waals surface area contributed by atoms with Gasteiger partial charge < -0.3 is 25.3 Å². The standard InChI is InChI=1S/C30H33ClF3N6O7P/c1-17-6-5-9-24(29(44)35-18(2)20-7-3-4-8-22(20)36-28(17)43)39(27(42)16-48(45,46)47)13-12-25(41)21-14-19(31)10-11-23(21)40-15-26(37-38-40)30(32,33)34/h3-4,7-8,10-11,14-15,17-18,24H,5-6,9,12-13,16H2,1-2H3,(H,35,44)(H,36,43)(H2,45,46,47)/t17-,18?,24+/m1/s1. The Kier molecular flexibility index (Phi) is 11.5. The molecular weight excluding hydrogens is 680 g/mol. The molecule has 2 heterocycles. The van der Waals surface area contributed by atoms with Crippen molar-refractivity contribution >= 4 is 48.4 Å². The molecule has 48 heavy (non-hydrogen) atoms. The van der Waals surface area contributed by atoms with Crippen LogP contribution in [-0.2, 0) is 25.1 Å². The molecule has 0 radical (unpaired) electrons. The highest BCUT2D eigenvalue weighted by atomic mass is 35.5. The van der Waals surface area contributed by atoms with Crippen molar-refractivity contribution in [3.05, 3.63) is 70.5 Å². The van der Waals surface area contributed by atoms with Gasteiger partial charge in [0.2, 0.25) is 17.7 Å². The van der Waals surface area contributed by atoms with Crippen molar-refractivity contribution in [3.8, 4) is 5.69 Å². The zero-order valence-electron chi connectivity index (χ0n) is 25.8. The van der Waals surface area contributed by atoms with Crippen LogP contribution in [0.3, 0.4) is 0 Å². The maximum Gasteiger partial charge on any atom is 0.436 e. The number of amides is 3. The summed E-state index contributed by atoms with van der Waals surface area (Å²) in [6.07, 6.45) is -5.43. The Morgan fingerprint density at radius 1 is 1.10 bits per heavy atom. The quantitative estimate of drug-likeness (QED) is 0.193. The van der Waals surface area contributed by atoms with Gasteiger partial charge in [0, 0.05) is 35.2 Å². The summed E-state index contributed by atoms with van der Waals surface area (Å²) in [4.78, 5) is 73.8. The van der Waals surface area contributed by atoms with Crippen molar-refractivity contribution in [2.45, 2.75) is 57.8 Å². The maximum atomic E-state index is 13.8. The molecule has 4 N–H and O–H groups in total. The minimum Gasteiger partial charge on any atom is -0.348 e. The van der Waals surface area contributed by atoms with Gasteiger partial charge >= 0.3 is 13.8 Å². The van der Waals surface area contributed by atoms with E-state index in [1.54, 1.807) is 38.1 Å². The Morgan fingerprint density at radius 3 is 2.48 bits per heavy atom. The fourth-order valence-electron chi connectivity index (χ4n) is 5.33. The van der Waals surface area contributed by atoms with Crippen LogP contribution in [0.1, 0.15) is 67.2 Å². The lowest BCUT2D eigenvalue weighted by Crippen LogP contribution is -2.51. The van der Waals surface area contributed by atoms with E-state index in [9.17, 15) is 46.7 Å². The van der Waals surface area contributed by atoms with E-state index >= 15 is 0 Å². The van der Waals surface area contributed by atoms with Crippen LogP contribution in [-0.4, -0.2) is 71.9 Å². The van der Waals surface area contributed by atoms with Crippen molar-refractivity contribution in [2.24, 2.45) is 5.92 Å². The summed E-state index contributed by atoms with van der Waals surface area (Å²) in [5, 5.41) is 12.3. The number of nitrogens with one attached hydrogen (secondary N) is 2. The van der Waals surface area contributed by atoms with Gasteiger partial charge in [0.1, 0.15) is 12.2 Å². The first-order valence-corrected chi connectivity index (χ1v) is 17.0. The molecule has 0 saturated heterocycles. The molecule has 3 atom stereocenters. The molecule has 1 aliphatic rings. The van der Waals surface area contributed by atoms with Crippen LogP contribution < -0.4 is 10.6 Å². The van der Waals surface area contributed by atoms with Gasteiger partial charge in [-0.05, 0) is 49.6 Å². The van der Waals surface area contributed by atoms with Gasteiger partial charge in [0.25, 0.3) is 0 Å². The van der Waals surface area contributed by atoms with Crippen molar-refractivity contribution in [3.63, 3.8) is 0 Å². The van der Waals surface area contributed by atoms with Crippen LogP contribution in [0.5, 0.6) is 0 Å². The second-order valence-electron chi connectivity index (χ2n) is 11.4. The molecule has 0 aliphatic carbocycles. The van der Waals surface area contributed by atoms with Crippen LogP contribution in [0.2, 0.25) is 5.02 Å². The van der Waals surface area contributed by atoms with E-state index in [-0.39, 0.29) is 35.0 Å². The van der Waals surface area contributed by atoms with Crippen molar-refractivity contribution < 1.29 is 46.7 Å². The van der Waals surface area contributed by atoms with Crippen molar-refractivity contribution in [2.75, 3.05) is 18.0 Å². The van der Waals surface area contributed by atoms with Crippen LogP contribution in [0.25, 0.3) is 5.69 Å². The molecule has 0 bridgehead atoms. The molecule has 1 unspecified atom stereocenters. The van der Waals surface area contributed by atoms with Crippen LogP contribution in [0.4, 0.5) is 18.9 Å². The number of fused-ring (bicyclic) bond motifs is 1. The number of alkyl halides is 3. The molecule has 0 spiro atoms. The number of aromatic nitrogens is 3. The number of benzene rings is 2. The number of rotatable bonds is 8. The van der Waals surface area contributed by atoms with E-state index in [1.807, 2.05) is 0 Å². The van der Waals surface area contributed by atoms with Gasteiger partial charge in [-0.3, -0.25) is 23.7 Å². The fraction of sp³-hybridized carbons (Fsp3) is 0.400. The van der Waals surface area contributed by atoms with E-state index in [0.29, 0.717) is 23.9 Å². The molecule has 4 rings (SSSR count). The summed E-state index contributed by atoms with van der Waals surface area (Å²) in [6.45, 7) is 2.87. The van der Waals surface area contributed by atoms with E-state index in [4.69, 9.17) is 11.6 Å². The maximum absolute atomic E-state index is 13.8. The minimum atomic E-state index is -4.93. The Labute approximate surface area is 278 Å². The smallest absolute Gasteiger partial charge is 0.348 e. The zero-order valence-corrected chi connectivity index (χ0v) is 27.4. The van der Waals surface area contributed by atoms with Crippen molar-refractivity contribution in [1.29, 1.82) is 0 Å². The van der Waals surface area contributed by atoms with Crippen LogP contribution >= 0.6 is 19.2 Å². The van der Waals surface area contributed by atoms with E-state index in [1.165, 1.54) is 18.2 Å². The second kappa shape index (κ2) is 15.0. The molecule has 1 aliphatic heterocycles. The summed E-state index contributed by atoms with van der Waals surface area (Å²) in [5.74, 6) is -3.22. The number of Topliss-reactive ketones (excluding diaryl/α,β-unsaturated/α-hetero) is 1. The number of halogens is 4. The van der Waals surface area contributed by atoms with E-state index in [2.05, 4.69) is 20.9 Å². The van der Waals surface area contributed by atoms with Crippen LogP contribution in [0, 0.1) is 5.92 Å². The van der Waals surface area contributed by atoms with Gasteiger partial charge in [0.15, 0.2) is 11.5 Å². The fourth-order valence-corrected chi connectivity index (χ4v) is 6.04. The average molecular weight is 713 g/mol. The molecular formula is C30H33ClF3N6O7P. The first-order valence-electron chi connectivity index (χ1n) is 14.8. The lowest BCUT2D eigenvalue weighted by Gasteiger charge is -2.33. The predicted molar refractivity (Wildman–Crippen MR) is 167 cm³/mol. The van der Waals surface area contributed by atoms with Gasteiger partial charge in [-0.2, -0.15) is 13.2 Å². The summed E-state index contributed by atoms with van der Waals surface area (Å²) in [7, 11) is -4.93. The number of para-hydroxylation sites is 1. The van der Waals surface area contributed by atoms with Gasteiger partial charge in [-0.1, -0.05) is 48.4 Å². The Hall–Kier alpha value is -4.11. The van der Waals surface area contributed by atoms with E-state index < -0.39 is 74.2 Å². The van der Waals surface area contributed by atoms with Crippen molar-refractivity contribution in [1.82, 2.24) is 25.2 Å². The number of carbonyl (C=O) groups is 4. The zero-order chi connectivity index (χ0) is 35.4. The lowest BCUT2D eigenvalue weighted by molar-refractivity contribution is -0.141. The molecule has 18 heteroatoms. The van der Waals surface area contributed by atoms with Gasteiger partial charge in [-0.15, -0.1) is 5.10 Å². The lowest BCUT2D eigenvalue weighted by atomic mass is 9.97. The predicted octanol–water partition coefficient (Wildman–Crippen LogP) is 4.52. The summed E-state index contributed by atoms with van der Waals surface area (Å²) in [5.41, 5.74) is -0.515. The third-order valence-electron chi connectivity index (χ3n) is 7.82. The third kappa shape index (κ3) is 9.28. The Morgan fingerprint density at radius 2 is 1.81 bits per heavy atom. The Balaban J connectivity index is 1.67. The summed E-state index contributed by atoms with van der Waals surface area (Å²) < 4.78 is 52.2. The highest BCUT2D eigenvalue weighted by Gasteiger charge is 2.36. The second-order valence-corrected chi connectivity index (χ2v) is 13.5. The monoisotopic (exact) mass is 712 g/mol. The largest absolute Gasteiger partial charge is 0.436 e. The number of hydrogen-bond donors (Lipinski definition) is 4. The van der Waals surface area contributed by atoms with Crippen LogP contribution in [0.15, 0.2) is 48.7 Å². The number of anilines is 1. The topological polar surface area (TPSA) is 184 Å². The highest BCUT2D eigenvalue weighted by molar-refractivity contribution is 7.52. The molecule has 258 valence electrons. The normalized spacial score (nSPS) is 19.3. The molecule has 1 aromatic heterocycles. The van der Waals surface area contributed by atoms with E-state index in [0.717, 1.165) is 9.58 Å². The Bertz CT molecular complexity index is 1750. The SMILES string of the molecule is CC1NC(=O)[C@@H](N(CCC(=O)c2cc(Cl)ccc2-n2cc(C(F)(F)F)nn2)C(=O)CP(=O)(O)O)CCC[C@@H](C)C(=O)Nc2ccccc21. The number of hydrogen-bond acceptors (Lipinski definition) is 7. The average Bonchev–Trinajstić information content (AvgIpc) is 3.50. The number of ketones is 1. The molecule has 13 nitrogen and oxygen atoms in total. The molecule has 0 saturated carbocycles. The molecule has 3 amide bonds. The van der Waals surface area contributed by atoms with Gasteiger partial charge in [-0.25, -0.2) is 4.68 Å². The molecule has 2 aromatic carbocycles. The minimum absolute atomic E-state index is 0.0134. The number of nitrogens with zero attached hydrogens (tertiary/aromatic N) is 4. The third-order valence-corrected chi connectivity index (χ3v) is 8.73. The summed E-state index contributed by atoms with van der Waals surface area (Å²) in [6, 6.07) is 8.63. The highest BCUT2D eigenvalue weighted by Crippen LogP contribution is 2.35. The molecule has 3 aromatic rings. The van der Waals surface area contributed by atoms with Gasteiger partial charge in [0.05, 0.1) is 17.9 Å². The number of carbonyl (C=O) groups excluding carboxylic acids is 4. The first-order chi connectivity index (χ1) is 22.4. The first kappa shape index (κ1) is 36.7. The summed E-state index contributed by atoms with van der Waals surface area (Å²) >= 11 is 6.10. The molecule has 0 fully saturated rings.